The SMILES string of the molecule is c1ccc2c(c1)CCCCC2NCCn1cccn1. The lowest BCUT2D eigenvalue weighted by Gasteiger charge is -2.19. The smallest absolute Gasteiger partial charge is 0.0534 e. The number of hydrogen-bond acceptors (Lipinski definition) is 2. The van der Waals surface area contributed by atoms with Crippen LogP contribution in [0.4, 0.5) is 0 Å². The molecule has 1 heterocycles. The zero-order valence-electron chi connectivity index (χ0n) is 11.3. The molecule has 3 nitrogen and oxygen atoms in total. The van der Waals surface area contributed by atoms with Gasteiger partial charge in [-0.05, 0) is 36.5 Å². The van der Waals surface area contributed by atoms with Gasteiger partial charge < -0.3 is 5.32 Å². The van der Waals surface area contributed by atoms with Crippen LogP contribution in [0.25, 0.3) is 0 Å². The van der Waals surface area contributed by atoms with Gasteiger partial charge in [0.2, 0.25) is 0 Å². The molecule has 2 aromatic rings. The van der Waals surface area contributed by atoms with Crippen LogP contribution in [0.5, 0.6) is 0 Å². The molecular weight excluding hydrogens is 234 g/mol. The molecule has 1 atom stereocenters. The second-order valence-corrected chi connectivity index (χ2v) is 5.22. The Bertz CT molecular complexity index is 504. The lowest BCUT2D eigenvalue weighted by atomic mass is 9.99. The van der Waals surface area contributed by atoms with Crippen molar-refractivity contribution in [1.29, 1.82) is 0 Å². The number of benzene rings is 1. The highest BCUT2D eigenvalue weighted by molar-refractivity contribution is 5.31. The number of aryl methyl sites for hydroxylation is 1. The van der Waals surface area contributed by atoms with Gasteiger partial charge in [-0.15, -0.1) is 0 Å². The summed E-state index contributed by atoms with van der Waals surface area (Å²) in [6, 6.07) is 11.4. The van der Waals surface area contributed by atoms with Gasteiger partial charge in [-0.1, -0.05) is 30.7 Å². The Hall–Kier alpha value is -1.61. The van der Waals surface area contributed by atoms with E-state index in [-0.39, 0.29) is 0 Å². The molecule has 1 aliphatic carbocycles. The van der Waals surface area contributed by atoms with Gasteiger partial charge in [0.25, 0.3) is 0 Å². The van der Waals surface area contributed by atoms with E-state index in [2.05, 4.69) is 34.7 Å². The Balaban J connectivity index is 1.63. The molecule has 0 fully saturated rings. The molecule has 1 N–H and O–H groups in total. The van der Waals surface area contributed by atoms with Gasteiger partial charge >= 0.3 is 0 Å². The fraction of sp³-hybridized carbons (Fsp3) is 0.438. The van der Waals surface area contributed by atoms with E-state index >= 15 is 0 Å². The molecule has 0 radical (unpaired) electrons. The molecule has 1 aliphatic rings. The van der Waals surface area contributed by atoms with E-state index in [0.29, 0.717) is 6.04 Å². The first-order valence-electron chi connectivity index (χ1n) is 7.22. The molecule has 100 valence electrons. The van der Waals surface area contributed by atoms with Crippen molar-refractivity contribution in [3.63, 3.8) is 0 Å². The molecule has 1 aromatic heterocycles. The minimum atomic E-state index is 0.509. The van der Waals surface area contributed by atoms with Crippen LogP contribution in [0, 0.1) is 0 Å². The number of aromatic nitrogens is 2. The van der Waals surface area contributed by atoms with Gasteiger partial charge in [0, 0.05) is 25.0 Å². The van der Waals surface area contributed by atoms with E-state index in [1.54, 1.807) is 0 Å². The quantitative estimate of drug-likeness (QED) is 0.851. The van der Waals surface area contributed by atoms with Crippen molar-refractivity contribution < 1.29 is 0 Å². The van der Waals surface area contributed by atoms with E-state index in [1.165, 1.54) is 36.8 Å². The molecule has 0 amide bonds. The van der Waals surface area contributed by atoms with Gasteiger partial charge in [0.05, 0.1) is 6.54 Å². The van der Waals surface area contributed by atoms with Crippen molar-refractivity contribution in [2.45, 2.75) is 38.3 Å². The molecule has 0 saturated carbocycles. The molecule has 0 spiro atoms. The number of nitrogens with one attached hydrogen (secondary N) is 1. The van der Waals surface area contributed by atoms with Crippen molar-refractivity contribution in [3.05, 3.63) is 53.9 Å². The summed E-state index contributed by atoms with van der Waals surface area (Å²) in [5.74, 6) is 0. The number of rotatable bonds is 4. The van der Waals surface area contributed by atoms with Crippen LogP contribution in [0.3, 0.4) is 0 Å². The van der Waals surface area contributed by atoms with Crippen molar-refractivity contribution in [2.75, 3.05) is 6.54 Å². The second-order valence-electron chi connectivity index (χ2n) is 5.22. The summed E-state index contributed by atoms with van der Waals surface area (Å²) in [5, 5.41) is 7.93. The van der Waals surface area contributed by atoms with Crippen LogP contribution in [-0.2, 0) is 13.0 Å². The predicted molar refractivity (Wildman–Crippen MR) is 77.0 cm³/mol. The highest BCUT2D eigenvalue weighted by Crippen LogP contribution is 2.28. The monoisotopic (exact) mass is 255 g/mol. The van der Waals surface area contributed by atoms with E-state index in [0.717, 1.165) is 13.1 Å². The van der Waals surface area contributed by atoms with E-state index in [9.17, 15) is 0 Å². The largest absolute Gasteiger partial charge is 0.308 e. The molecular formula is C16H21N3. The molecule has 19 heavy (non-hydrogen) atoms. The maximum Gasteiger partial charge on any atom is 0.0534 e. The van der Waals surface area contributed by atoms with Crippen LogP contribution < -0.4 is 5.32 Å². The summed E-state index contributed by atoms with van der Waals surface area (Å²) < 4.78 is 1.98. The van der Waals surface area contributed by atoms with E-state index < -0.39 is 0 Å². The zero-order chi connectivity index (χ0) is 12.9. The number of fused-ring (bicyclic) bond motifs is 1. The predicted octanol–water partition coefficient (Wildman–Crippen LogP) is 2.94. The summed E-state index contributed by atoms with van der Waals surface area (Å²) in [5.41, 5.74) is 3.03. The Labute approximate surface area is 114 Å². The number of nitrogens with zero attached hydrogens (tertiary/aromatic N) is 2. The fourth-order valence-electron chi connectivity index (χ4n) is 2.92. The first-order valence-corrected chi connectivity index (χ1v) is 7.22. The van der Waals surface area contributed by atoms with Crippen LogP contribution in [0.15, 0.2) is 42.7 Å². The fourth-order valence-corrected chi connectivity index (χ4v) is 2.92. The lowest BCUT2D eigenvalue weighted by Crippen LogP contribution is -2.25. The zero-order valence-corrected chi connectivity index (χ0v) is 11.3. The molecule has 0 saturated heterocycles. The maximum absolute atomic E-state index is 4.24. The summed E-state index contributed by atoms with van der Waals surface area (Å²) in [4.78, 5) is 0. The van der Waals surface area contributed by atoms with E-state index in [1.807, 2.05) is 23.1 Å². The topological polar surface area (TPSA) is 29.9 Å². The third-order valence-electron chi connectivity index (χ3n) is 3.91. The molecule has 3 heteroatoms. The van der Waals surface area contributed by atoms with Crippen molar-refractivity contribution in [2.24, 2.45) is 0 Å². The maximum atomic E-state index is 4.24. The minimum Gasteiger partial charge on any atom is -0.308 e. The molecule has 0 bridgehead atoms. The van der Waals surface area contributed by atoms with Crippen LogP contribution in [0.2, 0.25) is 0 Å². The Morgan fingerprint density at radius 3 is 3.05 bits per heavy atom. The third kappa shape index (κ3) is 3.04. The average Bonchev–Trinajstić information content (AvgIpc) is 2.87. The highest BCUT2D eigenvalue weighted by atomic mass is 15.3. The van der Waals surface area contributed by atoms with Crippen LogP contribution in [-0.4, -0.2) is 16.3 Å². The third-order valence-corrected chi connectivity index (χ3v) is 3.91. The Morgan fingerprint density at radius 2 is 2.16 bits per heavy atom. The summed E-state index contributed by atoms with van der Waals surface area (Å²) in [6.45, 7) is 1.91. The van der Waals surface area contributed by atoms with Gasteiger partial charge in [0.1, 0.15) is 0 Å². The van der Waals surface area contributed by atoms with Crippen LogP contribution in [0.1, 0.15) is 36.4 Å². The number of hydrogen-bond donors (Lipinski definition) is 1. The van der Waals surface area contributed by atoms with Crippen molar-refractivity contribution >= 4 is 0 Å². The van der Waals surface area contributed by atoms with Crippen molar-refractivity contribution in [3.8, 4) is 0 Å². The standard InChI is InChI=1S/C16H21N3/c1-3-8-15-14(6-1)7-2-4-9-16(15)17-11-13-19-12-5-10-18-19/h1,3,5-6,8,10,12,16-17H,2,4,7,9,11,13H2. The minimum absolute atomic E-state index is 0.509. The molecule has 1 unspecified atom stereocenters. The van der Waals surface area contributed by atoms with Gasteiger partial charge in [-0.2, -0.15) is 5.10 Å². The lowest BCUT2D eigenvalue weighted by molar-refractivity contribution is 0.459. The summed E-state index contributed by atoms with van der Waals surface area (Å²) in [6.07, 6.45) is 8.95. The van der Waals surface area contributed by atoms with Gasteiger partial charge in [0.15, 0.2) is 0 Å². The first kappa shape index (κ1) is 12.4. The van der Waals surface area contributed by atoms with E-state index in [4.69, 9.17) is 0 Å². The highest BCUT2D eigenvalue weighted by Gasteiger charge is 2.17. The second kappa shape index (κ2) is 6.02. The van der Waals surface area contributed by atoms with Gasteiger partial charge in [-0.3, -0.25) is 4.68 Å². The van der Waals surface area contributed by atoms with Crippen LogP contribution >= 0.6 is 0 Å². The summed E-state index contributed by atoms with van der Waals surface area (Å²) in [7, 11) is 0. The molecule has 1 aromatic carbocycles. The van der Waals surface area contributed by atoms with Crippen molar-refractivity contribution in [1.82, 2.24) is 15.1 Å². The average molecular weight is 255 g/mol. The first-order chi connectivity index (χ1) is 9.43. The molecule has 0 aliphatic heterocycles. The summed E-state index contributed by atoms with van der Waals surface area (Å²) >= 11 is 0. The normalized spacial score (nSPS) is 18.8. The van der Waals surface area contributed by atoms with Gasteiger partial charge in [-0.25, -0.2) is 0 Å². The Morgan fingerprint density at radius 1 is 1.21 bits per heavy atom. The Kier molecular flexibility index (Phi) is 3.94. The molecule has 3 rings (SSSR count).